The number of benzene rings is 1. The number of carboxylic acids is 1. The molecule has 2 aromatic rings. The van der Waals surface area contributed by atoms with Gasteiger partial charge in [0.25, 0.3) is 0 Å². The van der Waals surface area contributed by atoms with Crippen molar-refractivity contribution in [2.45, 2.75) is 45.6 Å². The first kappa shape index (κ1) is 13.2. The molecule has 4 heteroatoms. The van der Waals surface area contributed by atoms with Crippen LogP contribution in [0.25, 0.3) is 11.0 Å². The van der Waals surface area contributed by atoms with E-state index < -0.39 is 5.97 Å². The van der Waals surface area contributed by atoms with E-state index >= 15 is 0 Å². The highest BCUT2D eigenvalue weighted by molar-refractivity contribution is 5.92. The van der Waals surface area contributed by atoms with E-state index in [1.807, 2.05) is 6.07 Å². The molecule has 0 saturated heterocycles. The molecule has 0 bridgehead atoms. The second-order valence-corrected chi connectivity index (χ2v) is 5.73. The molecule has 0 spiro atoms. The molecule has 1 fully saturated rings. The van der Waals surface area contributed by atoms with Crippen LogP contribution in [0, 0.1) is 5.92 Å². The molecule has 20 heavy (non-hydrogen) atoms. The number of imidazole rings is 1. The van der Waals surface area contributed by atoms with Gasteiger partial charge < -0.3 is 9.67 Å². The third-order valence-electron chi connectivity index (χ3n) is 4.19. The lowest BCUT2D eigenvalue weighted by Gasteiger charge is -2.17. The molecule has 0 amide bonds. The number of rotatable bonds is 5. The summed E-state index contributed by atoms with van der Waals surface area (Å²) in [7, 11) is 0. The van der Waals surface area contributed by atoms with E-state index in [0.29, 0.717) is 11.6 Å². The first-order valence-corrected chi connectivity index (χ1v) is 7.36. The second kappa shape index (κ2) is 4.93. The van der Waals surface area contributed by atoms with Crippen molar-refractivity contribution in [2.75, 3.05) is 0 Å². The topological polar surface area (TPSA) is 55.1 Å². The zero-order valence-electron chi connectivity index (χ0n) is 12.0. The van der Waals surface area contributed by atoms with Gasteiger partial charge in [-0.2, -0.15) is 0 Å². The smallest absolute Gasteiger partial charge is 0.335 e. The molecule has 0 radical (unpaired) electrons. The van der Waals surface area contributed by atoms with Gasteiger partial charge in [0.2, 0.25) is 0 Å². The molecule has 1 aliphatic rings. The molecule has 106 valence electrons. The van der Waals surface area contributed by atoms with Crippen molar-refractivity contribution in [3.63, 3.8) is 0 Å². The number of carboxylic acid groups (broad SMARTS) is 1. The van der Waals surface area contributed by atoms with E-state index in [9.17, 15) is 9.90 Å². The van der Waals surface area contributed by atoms with Gasteiger partial charge in [-0.05, 0) is 50.3 Å². The van der Waals surface area contributed by atoms with Crippen molar-refractivity contribution < 1.29 is 9.90 Å². The Morgan fingerprint density at radius 3 is 2.85 bits per heavy atom. The lowest BCUT2D eigenvalue weighted by molar-refractivity contribution is 0.0697. The van der Waals surface area contributed by atoms with Crippen LogP contribution in [0.15, 0.2) is 18.2 Å². The highest BCUT2D eigenvalue weighted by Gasteiger charge is 2.31. The number of aromatic carboxylic acids is 1. The fourth-order valence-electron chi connectivity index (χ4n) is 2.92. The summed E-state index contributed by atoms with van der Waals surface area (Å²) in [6.07, 6.45) is 4.52. The van der Waals surface area contributed by atoms with E-state index in [2.05, 4.69) is 18.4 Å². The normalized spacial score (nSPS) is 16.5. The van der Waals surface area contributed by atoms with Crippen LogP contribution in [-0.2, 0) is 6.42 Å². The Kier molecular flexibility index (Phi) is 3.24. The Morgan fingerprint density at radius 1 is 1.50 bits per heavy atom. The number of carbonyl (C=O) groups is 1. The van der Waals surface area contributed by atoms with Gasteiger partial charge in [-0.25, -0.2) is 9.78 Å². The third kappa shape index (κ3) is 2.19. The number of aromatic nitrogens is 2. The monoisotopic (exact) mass is 272 g/mol. The SMILES string of the molecule is CCCc1nc2ccc(C(=O)O)cc2n1C(C)C1CC1. The summed E-state index contributed by atoms with van der Waals surface area (Å²) < 4.78 is 2.27. The van der Waals surface area contributed by atoms with Gasteiger partial charge in [0, 0.05) is 12.5 Å². The molecule has 1 atom stereocenters. The van der Waals surface area contributed by atoms with Crippen LogP contribution in [0.4, 0.5) is 0 Å². The zero-order chi connectivity index (χ0) is 14.3. The molecule has 1 saturated carbocycles. The van der Waals surface area contributed by atoms with Gasteiger partial charge >= 0.3 is 5.97 Å². The van der Waals surface area contributed by atoms with Crippen LogP contribution in [0.3, 0.4) is 0 Å². The van der Waals surface area contributed by atoms with Crippen LogP contribution < -0.4 is 0 Å². The molecule has 1 aromatic heterocycles. The lowest BCUT2D eigenvalue weighted by Crippen LogP contribution is -2.11. The first-order chi connectivity index (χ1) is 9.61. The summed E-state index contributed by atoms with van der Waals surface area (Å²) in [5.74, 6) is 0.927. The van der Waals surface area contributed by atoms with Gasteiger partial charge in [0.1, 0.15) is 5.82 Å². The Hall–Kier alpha value is -1.84. The quantitative estimate of drug-likeness (QED) is 0.903. The predicted octanol–water partition coefficient (Wildman–Crippen LogP) is 3.66. The van der Waals surface area contributed by atoms with Crippen LogP contribution in [0.1, 0.15) is 55.3 Å². The Balaban J connectivity index is 2.16. The third-order valence-corrected chi connectivity index (χ3v) is 4.19. The summed E-state index contributed by atoms with van der Waals surface area (Å²) >= 11 is 0. The average molecular weight is 272 g/mol. The number of aryl methyl sites for hydroxylation is 1. The van der Waals surface area contributed by atoms with E-state index in [4.69, 9.17) is 4.98 Å². The maximum absolute atomic E-state index is 11.2. The van der Waals surface area contributed by atoms with Gasteiger partial charge in [0.15, 0.2) is 0 Å². The highest BCUT2D eigenvalue weighted by atomic mass is 16.4. The summed E-state index contributed by atoms with van der Waals surface area (Å²) in [6, 6.07) is 5.64. The lowest BCUT2D eigenvalue weighted by atomic mass is 10.1. The van der Waals surface area contributed by atoms with Crippen LogP contribution >= 0.6 is 0 Å². The maximum atomic E-state index is 11.2. The number of hydrogen-bond acceptors (Lipinski definition) is 2. The van der Waals surface area contributed by atoms with Crippen LogP contribution in [0.5, 0.6) is 0 Å². The summed E-state index contributed by atoms with van der Waals surface area (Å²) in [5, 5.41) is 9.18. The standard InChI is InChI=1S/C16H20N2O2/c1-3-4-15-17-13-8-7-12(16(19)20)9-14(13)18(15)10(2)11-5-6-11/h7-11H,3-6H2,1-2H3,(H,19,20). The van der Waals surface area contributed by atoms with Crippen molar-refractivity contribution >= 4 is 17.0 Å². The number of fused-ring (bicyclic) bond motifs is 1. The molecule has 1 N–H and O–H groups in total. The van der Waals surface area contributed by atoms with Crippen LogP contribution in [-0.4, -0.2) is 20.6 Å². The molecule has 3 rings (SSSR count). The molecule has 1 heterocycles. The van der Waals surface area contributed by atoms with Crippen molar-refractivity contribution in [3.8, 4) is 0 Å². The molecular weight excluding hydrogens is 252 g/mol. The summed E-state index contributed by atoms with van der Waals surface area (Å²) in [6.45, 7) is 4.37. The summed E-state index contributed by atoms with van der Waals surface area (Å²) in [4.78, 5) is 15.9. The highest BCUT2D eigenvalue weighted by Crippen LogP contribution is 2.41. The Morgan fingerprint density at radius 2 is 2.25 bits per heavy atom. The average Bonchev–Trinajstić information content (AvgIpc) is 3.20. The van der Waals surface area contributed by atoms with E-state index in [-0.39, 0.29) is 0 Å². The molecule has 0 aliphatic heterocycles. The van der Waals surface area contributed by atoms with Crippen molar-refractivity contribution in [1.29, 1.82) is 0 Å². The van der Waals surface area contributed by atoms with Crippen LogP contribution in [0.2, 0.25) is 0 Å². The van der Waals surface area contributed by atoms with Crippen molar-refractivity contribution in [1.82, 2.24) is 9.55 Å². The van der Waals surface area contributed by atoms with Crippen molar-refractivity contribution in [2.24, 2.45) is 5.92 Å². The predicted molar refractivity (Wildman–Crippen MR) is 78.1 cm³/mol. The van der Waals surface area contributed by atoms with Gasteiger partial charge in [-0.3, -0.25) is 0 Å². The molecular formula is C16H20N2O2. The minimum atomic E-state index is -0.879. The minimum Gasteiger partial charge on any atom is -0.478 e. The van der Waals surface area contributed by atoms with E-state index in [1.54, 1.807) is 12.1 Å². The van der Waals surface area contributed by atoms with Crippen molar-refractivity contribution in [3.05, 3.63) is 29.6 Å². The first-order valence-electron chi connectivity index (χ1n) is 7.36. The fourth-order valence-corrected chi connectivity index (χ4v) is 2.92. The van der Waals surface area contributed by atoms with Gasteiger partial charge in [-0.15, -0.1) is 0 Å². The zero-order valence-corrected chi connectivity index (χ0v) is 12.0. The molecule has 1 aromatic carbocycles. The van der Waals surface area contributed by atoms with Gasteiger partial charge in [-0.1, -0.05) is 6.92 Å². The van der Waals surface area contributed by atoms with Gasteiger partial charge in [0.05, 0.1) is 16.6 Å². The maximum Gasteiger partial charge on any atom is 0.335 e. The molecule has 4 nitrogen and oxygen atoms in total. The number of hydrogen-bond donors (Lipinski definition) is 1. The second-order valence-electron chi connectivity index (χ2n) is 5.73. The Labute approximate surface area is 118 Å². The number of nitrogens with zero attached hydrogens (tertiary/aromatic N) is 2. The Bertz CT molecular complexity index is 656. The fraction of sp³-hybridized carbons (Fsp3) is 0.500. The van der Waals surface area contributed by atoms with E-state index in [0.717, 1.165) is 35.6 Å². The molecule has 1 aliphatic carbocycles. The largest absolute Gasteiger partial charge is 0.478 e. The summed E-state index contributed by atoms with van der Waals surface area (Å²) in [5.41, 5.74) is 2.21. The molecule has 1 unspecified atom stereocenters. The van der Waals surface area contributed by atoms with E-state index in [1.165, 1.54) is 12.8 Å². The minimum absolute atomic E-state index is 0.338.